The van der Waals surface area contributed by atoms with Gasteiger partial charge < -0.3 is 13.9 Å². The molecule has 1 atom stereocenters. The molecule has 0 heterocycles. The van der Waals surface area contributed by atoms with Gasteiger partial charge in [0.25, 0.3) is 0 Å². The number of unbranched alkanes of at least 4 members (excludes halogenated alkanes) is 9. The van der Waals surface area contributed by atoms with Gasteiger partial charge in [0.2, 0.25) is 0 Å². The summed E-state index contributed by atoms with van der Waals surface area (Å²) in [5.74, 6) is 0.286. The monoisotopic (exact) mass is 364 g/mol. The van der Waals surface area contributed by atoms with E-state index in [1.165, 1.54) is 44.9 Å². The summed E-state index contributed by atoms with van der Waals surface area (Å²) in [6, 6.07) is 8.42. The van der Waals surface area contributed by atoms with Gasteiger partial charge in [0, 0.05) is 0 Å². The predicted molar refractivity (Wildman–Crippen MR) is 92.5 cm³/mol. The molecule has 1 unspecified atom stereocenters. The minimum absolute atomic E-state index is 0. The SMILES string of the molecule is CCCCCCCCCCCCOP(=O)([O-])Oc1ccccc1.[Na+]. The van der Waals surface area contributed by atoms with Gasteiger partial charge in [-0.1, -0.05) is 82.9 Å². The van der Waals surface area contributed by atoms with Gasteiger partial charge >= 0.3 is 37.4 Å². The molecule has 0 amide bonds. The molecule has 0 radical (unpaired) electrons. The Bertz CT molecular complexity index is 442. The van der Waals surface area contributed by atoms with Crippen LogP contribution in [-0.2, 0) is 9.09 Å². The normalized spacial score (nSPS) is 13.1. The topological polar surface area (TPSA) is 58.6 Å². The van der Waals surface area contributed by atoms with Crippen LogP contribution in [0.5, 0.6) is 5.75 Å². The van der Waals surface area contributed by atoms with Gasteiger partial charge in [0.05, 0.1) is 6.61 Å². The molecule has 24 heavy (non-hydrogen) atoms. The van der Waals surface area contributed by atoms with E-state index >= 15 is 0 Å². The Morgan fingerprint density at radius 2 is 1.38 bits per heavy atom. The molecule has 0 saturated carbocycles. The van der Waals surface area contributed by atoms with Crippen LogP contribution in [0, 0.1) is 0 Å². The Labute approximate surface area is 169 Å². The Hall–Kier alpha value is 0.170. The van der Waals surface area contributed by atoms with Gasteiger partial charge in [-0.3, -0.25) is 4.57 Å². The molecule has 0 aliphatic heterocycles. The molecule has 0 bridgehead atoms. The summed E-state index contributed by atoms with van der Waals surface area (Å²) in [4.78, 5) is 11.6. The molecule has 0 aliphatic rings. The number of hydrogen-bond donors (Lipinski definition) is 0. The van der Waals surface area contributed by atoms with Crippen molar-refractivity contribution in [2.24, 2.45) is 0 Å². The third-order valence-electron chi connectivity index (χ3n) is 3.71. The first-order valence-electron chi connectivity index (χ1n) is 8.84. The van der Waals surface area contributed by atoms with E-state index in [1.807, 2.05) is 0 Å². The molecule has 1 aromatic carbocycles. The van der Waals surface area contributed by atoms with E-state index in [9.17, 15) is 9.46 Å². The summed E-state index contributed by atoms with van der Waals surface area (Å²) in [7, 11) is -4.24. The molecule has 0 aromatic heterocycles. The van der Waals surface area contributed by atoms with Crippen molar-refractivity contribution >= 4 is 7.82 Å². The molecule has 1 rings (SSSR count). The number of hydrogen-bond acceptors (Lipinski definition) is 4. The zero-order chi connectivity index (χ0) is 16.8. The van der Waals surface area contributed by atoms with Crippen LogP contribution in [0.4, 0.5) is 0 Å². The van der Waals surface area contributed by atoms with Crippen LogP contribution in [0.1, 0.15) is 71.1 Å². The molecule has 0 N–H and O–H groups in total. The first kappa shape index (κ1) is 24.2. The minimum Gasteiger partial charge on any atom is -0.746 e. The van der Waals surface area contributed by atoms with Crippen molar-refractivity contribution in [2.75, 3.05) is 6.61 Å². The molecule has 0 aliphatic carbocycles. The molecule has 6 heteroatoms. The van der Waals surface area contributed by atoms with Crippen molar-refractivity contribution in [1.82, 2.24) is 0 Å². The number of benzene rings is 1. The Kier molecular flexibility index (Phi) is 15.5. The van der Waals surface area contributed by atoms with E-state index in [0.717, 1.165) is 19.3 Å². The molecule has 1 aromatic rings. The Morgan fingerprint density at radius 3 is 1.92 bits per heavy atom. The van der Waals surface area contributed by atoms with Crippen LogP contribution < -0.4 is 39.0 Å². The van der Waals surface area contributed by atoms with E-state index in [1.54, 1.807) is 30.3 Å². The second kappa shape index (κ2) is 15.4. The van der Waals surface area contributed by atoms with Crippen molar-refractivity contribution in [2.45, 2.75) is 71.1 Å². The van der Waals surface area contributed by atoms with Crippen LogP contribution in [0.25, 0.3) is 0 Å². The maximum absolute atomic E-state index is 11.6. The second-order valence-electron chi connectivity index (χ2n) is 5.87. The van der Waals surface area contributed by atoms with Crippen LogP contribution in [0.3, 0.4) is 0 Å². The first-order chi connectivity index (χ1) is 11.1. The molecular weight excluding hydrogens is 334 g/mol. The van der Waals surface area contributed by atoms with Crippen LogP contribution in [0.2, 0.25) is 0 Å². The van der Waals surface area contributed by atoms with Crippen LogP contribution in [-0.4, -0.2) is 6.61 Å². The smallest absolute Gasteiger partial charge is 0.746 e. The third kappa shape index (κ3) is 13.5. The van der Waals surface area contributed by atoms with Gasteiger partial charge in [-0.2, -0.15) is 0 Å². The number of rotatable bonds is 14. The molecular formula is C18H30NaO4P. The van der Waals surface area contributed by atoms with E-state index in [2.05, 4.69) is 6.92 Å². The van der Waals surface area contributed by atoms with Crippen LogP contribution >= 0.6 is 7.82 Å². The van der Waals surface area contributed by atoms with Crippen molar-refractivity contribution in [3.05, 3.63) is 30.3 Å². The standard InChI is InChI=1S/C18H31O4P.Na/c1-2-3-4-5-6-7-8-9-10-14-17-21-23(19,20)22-18-15-12-11-13-16-18;/h11-13,15-16H,2-10,14,17H2,1H3,(H,19,20);/q;+1/p-1. The second-order valence-corrected chi connectivity index (χ2v) is 7.20. The number of phosphoric ester groups is 1. The minimum atomic E-state index is -4.24. The summed E-state index contributed by atoms with van der Waals surface area (Å²) in [5.41, 5.74) is 0. The van der Waals surface area contributed by atoms with Gasteiger partial charge in [-0.15, -0.1) is 0 Å². The quantitative estimate of drug-likeness (QED) is 0.289. The zero-order valence-electron chi connectivity index (χ0n) is 15.2. The van der Waals surface area contributed by atoms with Crippen molar-refractivity contribution in [3.8, 4) is 5.75 Å². The molecule has 0 fully saturated rings. The third-order valence-corrected chi connectivity index (χ3v) is 4.64. The van der Waals surface area contributed by atoms with Gasteiger partial charge in [-0.25, -0.2) is 0 Å². The summed E-state index contributed by atoms with van der Waals surface area (Å²) < 4.78 is 21.4. The fourth-order valence-electron chi connectivity index (χ4n) is 2.40. The summed E-state index contributed by atoms with van der Waals surface area (Å²) in [6.07, 6.45) is 12.0. The molecule has 0 saturated heterocycles. The van der Waals surface area contributed by atoms with E-state index in [0.29, 0.717) is 0 Å². The Morgan fingerprint density at radius 1 is 0.875 bits per heavy atom. The van der Waals surface area contributed by atoms with E-state index in [-0.39, 0.29) is 41.9 Å². The number of para-hydroxylation sites is 1. The maximum Gasteiger partial charge on any atom is 1.00 e. The van der Waals surface area contributed by atoms with E-state index in [4.69, 9.17) is 9.05 Å². The summed E-state index contributed by atoms with van der Waals surface area (Å²) in [5, 5.41) is 0. The fraction of sp³-hybridized carbons (Fsp3) is 0.667. The zero-order valence-corrected chi connectivity index (χ0v) is 18.1. The van der Waals surface area contributed by atoms with Crippen molar-refractivity contribution < 1.29 is 48.1 Å². The van der Waals surface area contributed by atoms with Gasteiger partial charge in [0.1, 0.15) is 5.75 Å². The van der Waals surface area contributed by atoms with Gasteiger partial charge in [-0.05, 0) is 18.6 Å². The van der Waals surface area contributed by atoms with Crippen molar-refractivity contribution in [3.63, 3.8) is 0 Å². The molecule has 0 spiro atoms. The first-order valence-corrected chi connectivity index (χ1v) is 10.3. The van der Waals surface area contributed by atoms with Crippen molar-refractivity contribution in [1.29, 1.82) is 0 Å². The average Bonchev–Trinajstić information content (AvgIpc) is 2.53. The summed E-state index contributed by atoms with van der Waals surface area (Å²) in [6.45, 7) is 2.43. The number of phosphoric acid groups is 1. The van der Waals surface area contributed by atoms with Gasteiger partial charge in [0.15, 0.2) is 0 Å². The fourth-order valence-corrected chi connectivity index (χ4v) is 3.19. The predicted octanol–water partition coefficient (Wildman–Crippen LogP) is 2.48. The molecule has 132 valence electrons. The largest absolute Gasteiger partial charge is 1.00 e. The molecule has 4 nitrogen and oxygen atoms in total. The maximum atomic E-state index is 11.6. The Balaban J connectivity index is 0.00000529. The van der Waals surface area contributed by atoms with E-state index < -0.39 is 7.82 Å². The summed E-state index contributed by atoms with van der Waals surface area (Å²) >= 11 is 0. The average molecular weight is 364 g/mol. The van der Waals surface area contributed by atoms with Crippen LogP contribution in [0.15, 0.2) is 30.3 Å².